The van der Waals surface area contributed by atoms with Gasteiger partial charge in [-0.05, 0) is 93.4 Å². The summed E-state index contributed by atoms with van der Waals surface area (Å²) < 4.78 is 12.2. The Kier molecular flexibility index (Phi) is 5.17. The molecule has 5 nitrogen and oxygen atoms in total. The normalized spacial score (nSPS) is 21.8. The number of rotatable bonds is 5. The Morgan fingerprint density at radius 1 is 1.07 bits per heavy atom. The molecule has 1 saturated heterocycles. The number of anilines is 1. The SMILES string of the molecule is Cc1ccc([C@H]2[C@H](c3ccccn3)NC(=S)N2c2ccc(OC3CCCC3)cc2)o1. The Hall–Kier alpha value is -2.86. The van der Waals surface area contributed by atoms with Crippen LogP contribution in [0.3, 0.4) is 0 Å². The summed E-state index contributed by atoms with van der Waals surface area (Å²) in [6.07, 6.45) is 6.96. The maximum Gasteiger partial charge on any atom is 0.174 e. The smallest absolute Gasteiger partial charge is 0.174 e. The molecule has 0 spiro atoms. The van der Waals surface area contributed by atoms with Crippen LogP contribution in [0.2, 0.25) is 0 Å². The minimum atomic E-state index is -0.122. The lowest BCUT2D eigenvalue weighted by atomic mass is 10.0. The fourth-order valence-electron chi connectivity index (χ4n) is 4.42. The van der Waals surface area contributed by atoms with Gasteiger partial charge in [-0.15, -0.1) is 0 Å². The number of benzene rings is 1. The molecule has 0 radical (unpaired) electrons. The topological polar surface area (TPSA) is 50.5 Å². The first-order valence-corrected chi connectivity index (χ1v) is 10.9. The number of nitrogens with zero attached hydrogens (tertiary/aromatic N) is 2. The highest BCUT2D eigenvalue weighted by atomic mass is 32.1. The second-order valence-corrected chi connectivity index (χ2v) is 8.35. The number of aryl methyl sites for hydroxylation is 1. The highest BCUT2D eigenvalue weighted by Gasteiger charge is 2.42. The van der Waals surface area contributed by atoms with E-state index in [9.17, 15) is 0 Å². The fraction of sp³-hybridized carbons (Fsp3) is 0.333. The minimum Gasteiger partial charge on any atom is -0.490 e. The van der Waals surface area contributed by atoms with Crippen molar-refractivity contribution in [2.24, 2.45) is 0 Å². The molecule has 1 aliphatic heterocycles. The van der Waals surface area contributed by atoms with Gasteiger partial charge in [0.05, 0.1) is 17.8 Å². The number of furan rings is 1. The van der Waals surface area contributed by atoms with Gasteiger partial charge >= 0.3 is 0 Å². The summed E-state index contributed by atoms with van der Waals surface area (Å²) in [5.41, 5.74) is 1.94. The highest BCUT2D eigenvalue weighted by Crippen LogP contribution is 2.42. The lowest BCUT2D eigenvalue weighted by Crippen LogP contribution is -2.29. The minimum absolute atomic E-state index is 0.0985. The van der Waals surface area contributed by atoms with E-state index in [-0.39, 0.29) is 12.1 Å². The molecule has 0 bridgehead atoms. The molecule has 2 atom stereocenters. The highest BCUT2D eigenvalue weighted by molar-refractivity contribution is 7.80. The molecule has 1 saturated carbocycles. The van der Waals surface area contributed by atoms with Gasteiger partial charge in [0, 0.05) is 11.9 Å². The predicted octanol–water partition coefficient (Wildman–Crippen LogP) is 5.48. The second kappa shape index (κ2) is 8.11. The molecule has 1 aromatic carbocycles. The van der Waals surface area contributed by atoms with Crippen LogP contribution in [0.25, 0.3) is 0 Å². The Balaban J connectivity index is 1.46. The van der Waals surface area contributed by atoms with Crippen LogP contribution >= 0.6 is 12.2 Å². The molecule has 0 unspecified atom stereocenters. The molecular formula is C24H25N3O2S. The second-order valence-electron chi connectivity index (χ2n) is 7.96. The summed E-state index contributed by atoms with van der Waals surface area (Å²) >= 11 is 5.75. The van der Waals surface area contributed by atoms with Crippen LogP contribution < -0.4 is 15.0 Å². The number of pyridine rings is 1. The predicted molar refractivity (Wildman–Crippen MR) is 121 cm³/mol. The van der Waals surface area contributed by atoms with Gasteiger partial charge in [0.1, 0.15) is 23.3 Å². The van der Waals surface area contributed by atoms with E-state index in [0.29, 0.717) is 11.2 Å². The summed E-state index contributed by atoms with van der Waals surface area (Å²) in [5.74, 6) is 2.65. The van der Waals surface area contributed by atoms with E-state index in [4.69, 9.17) is 21.4 Å². The molecule has 3 aromatic rings. The zero-order chi connectivity index (χ0) is 20.5. The monoisotopic (exact) mass is 419 g/mol. The standard InChI is InChI=1S/C24H25N3O2S/c1-16-9-14-21(28-16)23-22(20-8-4-5-15-25-20)26-24(30)27(23)17-10-12-19(13-11-17)29-18-6-2-3-7-18/h4-5,8-15,18,22-23H,2-3,6-7H2,1H3,(H,26,30)/t22-,23-/m0/s1. The van der Waals surface area contributed by atoms with E-state index in [0.717, 1.165) is 41.5 Å². The first kappa shape index (κ1) is 19.1. The van der Waals surface area contributed by atoms with Crippen molar-refractivity contribution in [3.05, 3.63) is 78.0 Å². The molecule has 2 fully saturated rings. The Labute approximate surface area is 182 Å². The quantitative estimate of drug-likeness (QED) is 0.553. The van der Waals surface area contributed by atoms with E-state index >= 15 is 0 Å². The molecule has 30 heavy (non-hydrogen) atoms. The van der Waals surface area contributed by atoms with Gasteiger partial charge in [0.2, 0.25) is 0 Å². The van der Waals surface area contributed by atoms with E-state index in [1.165, 1.54) is 12.8 Å². The Morgan fingerprint density at radius 2 is 1.87 bits per heavy atom. The third kappa shape index (κ3) is 3.67. The fourth-order valence-corrected chi connectivity index (χ4v) is 4.76. The van der Waals surface area contributed by atoms with Crippen LogP contribution in [0.15, 0.2) is 65.2 Å². The summed E-state index contributed by atoms with van der Waals surface area (Å²) in [5, 5.41) is 4.11. The molecule has 0 amide bonds. The van der Waals surface area contributed by atoms with Crippen molar-refractivity contribution < 1.29 is 9.15 Å². The van der Waals surface area contributed by atoms with E-state index in [1.807, 2.05) is 55.6 Å². The van der Waals surface area contributed by atoms with Crippen molar-refractivity contribution in [3.8, 4) is 5.75 Å². The number of hydrogen-bond donors (Lipinski definition) is 1. The largest absolute Gasteiger partial charge is 0.490 e. The van der Waals surface area contributed by atoms with Gasteiger partial charge in [-0.3, -0.25) is 4.98 Å². The first-order valence-electron chi connectivity index (χ1n) is 10.5. The van der Waals surface area contributed by atoms with Gasteiger partial charge in [0.25, 0.3) is 0 Å². The van der Waals surface area contributed by atoms with Crippen LogP contribution in [0.4, 0.5) is 5.69 Å². The summed E-state index contributed by atoms with van der Waals surface area (Å²) in [6.45, 7) is 1.96. The molecule has 154 valence electrons. The molecule has 2 aromatic heterocycles. The molecule has 6 heteroatoms. The summed E-state index contributed by atoms with van der Waals surface area (Å²) in [4.78, 5) is 6.68. The molecule has 5 rings (SSSR count). The van der Waals surface area contributed by atoms with Crippen LogP contribution in [0.1, 0.15) is 55.0 Å². The van der Waals surface area contributed by atoms with E-state index in [1.54, 1.807) is 0 Å². The van der Waals surface area contributed by atoms with E-state index < -0.39 is 0 Å². The maximum atomic E-state index is 6.13. The average Bonchev–Trinajstić information content (AvgIpc) is 3.50. The zero-order valence-corrected chi connectivity index (χ0v) is 17.8. The van der Waals surface area contributed by atoms with Crippen LogP contribution in [0.5, 0.6) is 5.75 Å². The van der Waals surface area contributed by atoms with Gasteiger partial charge in [-0.1, -0.05) is 6.07 Å². The third-order valence-electron chi connectivity index (χ3n) is 5.87. The molecule has 1 N–H and O–H groups in total. The number of nitrogens with one attached hydrogen (secondary N) is 1. The number of hydrogen-bond acceptors (Lipinski definition) is 4. The lowest BCUT2D eigenvalue weighted by Gasteiger charge is -2.26. The van der Waals surface area contributed by atoms with E-state index in [2.05, 4.69) is 27.3 Å². The molecule has 2 aliphatic rings. The van der Waals surface area contributed by atoms with Gasteiger partial charge in [0.15, 0.2) is 5.11 Å². The van der Waals surface area contributed by atoms with Crippen molar-refractivity contribution in [2.75, 3.05) is 4.90 Å². The van der Waals surface area contributed by atoms with Crippen molar-refractivity contribution in [1.82, 2.24) is 10.3 Å². The maximum absolute atomic E-state index is 6.13. The van der Waals surface area contributed by atoms with Crippen LogP contribution in [-0.2, 0) is 0 Å². The molecule has 1 aliphatic carbocycles. The van der Waals surface area contributed by atoms with Crippen molar-refractivity contribution in [3.63, 3.8) is 0 Å². The molecule has 3 heterocycles. The third-order valence-corrected chi connectivity index (χ3v) is 6.19. The van der Waals surface area contributed by atoms with Gasteiger partial charge in [-0.25, -0.2) is 0 Å². The van der Waals surface area contributed by atoms with Gasteiger partial charge < -0.3 is 19.4 Å². The number of thiocarbonyl (C=S) groups is 1. The first-order chi connectivity index (χ1) is 14.7. The Morgan fingerprint density at radius 3 is 2.53 bits per heavy atom. The van der Waals surface area contributed by atoms with Crippen molar-refractivity contribution in [2.45, 2.75) is 50.8 Å². The Bertz CT molecular complexity index is 1010. The number of ether oxygens (including phenoxy) is 1. The molecular weight excluding hydrogens is 394 g/mol. The summed E-state index contributed by atoms with van der Waals surface area (Å²) in [6, 6.07) is 17.9. The average molecular weight is 420 g/mol. The van der Waals surface area contributed by atoms with Gasteiger partial charge in [-0.2, -0.15) is 0 Å². The van der Waals surface area contributed by atoms with Crippen molar-refractivity contribution >= 4 is 23.0 Å². The van der Waals surface area contributed by atoms with Crippen LogP contribution in [-0.4, -0.2) is 16.2 Å². The number of aromatic nitrogens is 1. The zero-order valence-electron chi connectivity index (χ0n) is 17.0. The van der Waals surface area contributed by atoms with Crippen LogP contribution in [0, 0.1) is 6.92 Å². The summed E-state index contributed by atoms with van der Waals surface area (Å²) in [7, 11) is 0. The van der Waals surface area contributed by atoms with Crippen molar-refractivity contribution in [1.29, 1.82) is 0 Å². The lowest BCUT2D eigenvalue weighted by molar-refractivity contribution is 0.210.